The van der Waals surface area contributed by atoms with Crippen LogP contribution in [0.1, 0.15) is 52.9 Å². The summed E-state index contributed by atoms with van der Waals surface area (Å²) in [4.78, 5) is 0. The molecule has 0 rings (SSSR count). The van der Waals surface area contributed by atoms with E-state index in [1.807, 2.05) is 0 Å². The SMILES string of the molecule is C=C(CNCCC)COCC(CC)CCCC. The van der Waals surface area contributed by atoms with E-state index >= 15 is 0 Å². The fourth-order valence-electron chi connectivity index (χ4n) is 1.76. The number of rotatable bonds is 12. The van der Waals surface area contributed by atoms with Crippen LogP contribution in [0.3, 0.4) is 0 Å². The number of unbranched alkanes of at least 4 members (excludes halogenated alkanes) is 1. The summed E-state index contributed by atoms with van der Waals surface area (Å²) in [5.41, 5.74) is 1.16. The summed E-state index contributed by atoms with van der Waals surface area (Å²) in [5.74, 6) is 0.728. The van der Waals surface area contributed by atoms with Gasteiger partial charge in [0.25, 0.3) is 0 Å². The highest BCUT2D eigenvalue weighted by atomic mass is 16.5. The average Bonchev–Trinajstić information content (AvgIpc) is 2.34. The molecular formula is C15H31NO. The Bertz CT molecular complexity index is 180. The Hall–Kier alpha value is -0.340. The van der Waals surface area contributed by atoms with Gasteiger partial charge in [-0.25, -0.2) is 0 Å². The van der Waals surface area contributed by atoms with Crippen LogP contribution in [0.25, 0.3) is 0 Å². The molecule has 0 radical (unpaired) electrons. The van der Waals surface area contributed by atoms with Crippen molar-refractivity contribution in [3.63, 3.8) is 0 Å². The van der Waals surface area contributed by atoms with E-state index in [1.165, 1.54) is 32.1 Å². The third kappa shape index (κ3) is 10.5. The van der Waals surface area contributed by atoms with Gasteiger partial charge < -0.3 is 10.1 Å². The van der Waals surface area contributed by atoms with Gasteiger partial charge in [0.15, 0.2) is 0 Å². The largest absolute Gasteiger partial charge is 0.377 e. The number of hydrogen-bond acceptors (Lipinski definition) is 2. The van der Waals surface area contributed by atoms with E-state index in [0.29, 0.717) is 6.61 Å². The third-order valence-corrected chi connectivity index (χ3v) is 3.00. The van der Waals surface area contributed by atoms with Crippen LogP contribution in [0.2, 0.25) is 0 Å². The molecule has 0 heterocycles. The predicted octanol–water partition coefficient (Wildman–Crippen LogP) is 3.78. The first-order valence-corrected chi connectivity index (χ1v) is 7.19. The van der Waals surface area contributed by atoms with Crippen molar-refractivity contribution in [3.8, 4) is 0 Å². The molecule has 0 aromatic carbocycles. The van der Waals surface area contributed by atoms with Gasteiger partial charge in [0.2, 0.25) is 0 Å². The maximum Gasteiger partial charge on any atom is 0.0686 e. The van der Waals surface area contributed by atoms with Crippen molar-refractivity contribution < 1.29 is 4.74 Å². The third-order valence-electron chi connectivity index (χ3n) is 3.00. The molecule has 17 heavy (non-hydrogen) atoms. The molecule has 2 nitrogen and oxygen atoms in total. The Morgan fingerprint density at radius 1 is 1.24 bits per heavy atom. The fourth-order valence-corrected chi connectivity index (χ4v) is 1.76. The van der Waals surface area contributed by atoms with Crippen molar-refractivity contribution in [1.29, 1.82) is 0 Å². The Morgan fingerprint density at radius 3 is 2.59 bits per heavy atom. The maximum absolute atomic E-state index is 5.74. The van der Waals surface area contributed by atoms with Gasteiger partial charge in [-0.15, -0.1) is 0 Å². The van der Waals surface area contributed by atoms with Gasteiger partial charge in [0, 0.05) is 13.2 Å². The minimum atomic E-state index is 0.708. The molecule has 0 saturated heterocycles. The molecule has 0 aromatic heterocycles. The van der Waals surface area contributed by atoms with Crippen LogP contribution >= 0.6 is 0 Å². The molecule has 0 spiro atoms. The van der Waals surface area contributed by atoms with E-state index in [2.05, 4.69) is 32.7 Å². The second-order valence-electron chi connectivity index (χ2n) is 4.86. The van der Waals surface area contributed by atoms with Gasteiger partial charge >= 0.3 is 0 Å². The van der Waals surface area contributed by atoms with E-state index in [0.717, 1.165) is 31.2 Å². The molecule has 102 valence electrons. The van der Waals surface area contributed by atoms with Gasteiger partial charge in [-0.2, -0.15) is 0 Å². The molecule has 0 saturated carbocycles. The van der Waals surface area contributed by atoms with Crippen molar-refractivity contribution in [2.24, 2.45) is 5.92 Å². The second kappa shape index (κ2) is 12.1. The van der Waals surface area contributed by atoms with Crippen LogP contribution in [0, 0.1) is 5.92 Å². The molecule has 1 atom stereocenters. The first-order valence-electron chi connectivity index (χ1n) is 7.19. The number of hydrogen-bond donors (Lipinski definition) is 1. The summed E-state index contributed by atoms with van der Waals surface area (Å²) in [6, 6.07) is 0. The summed E-state index contributed by atoms with van der Waals surface area (Å²) >= 11 is 0. The average molecular weight is 241 g/mol. The minimum absolute atomic E-state index is 0.708. The van der Waals surface area contributed by atoms with Crippen molar-refractivity contribution in [3.05, 3.63) is 12.2 Å². The van der Waals surface area contributed by atoms with Crippen molar-refractivity contribution in [2.75, 3.05) is 26.3 Å². The summed E-state index contributed by atoms with van der Waals surface area (Å²) in [6.07, 6.45) is 6.29. The Labute approximate surface area is 108 Å². The van der Waals surface area contributed by atoms with Crippen LogP contribution in [-0.4, -0.2) is 26.3 Å². The summed E-state index contributed by atoms with van der Waals surface area (Å²) in [5, 5.41) is 3.34. The first kappa shape index (κ1) is 16.7. The molecule has 2 heteroatoms. The lowest BCUT2D eigenvalue weighted by Crippen LogP contribution is -2.20. The Morgan fingerprint density at radius 2 is 2.00 bits per heavy atom. The van der Waals surface area contributed by atoms with Crippen molar-refractivity contribution in [2.45, 2.75) is 52.9 Å². The van der Waals surface area contributed by atoms with E-state index in [4.69, 9.17) is 4.74 Å². The van der Waals surface area contributed by atoms with Gasteiger partial charge in [0.05, 0.1) is 6.61 Å². The highest BCUT2D eigenvalue weighted by molar-refractivity contribution is 4.96. The van der Waals surface area contributed by atoms with E-state index in [1.54, 1.807) is 0 Å². The smallest absolute Gasteiger partial charge is 0.0686 e. The zero-order chi connectivity index (χ0) is 12.9. The summed E-state index contributed by atoms with van der Waals surface area (Å²) in [6.45, 7) is 14.2. The monoisotopic (exact) mass is 241 g/mol. The minimum Gasteiger partial charge on any atom is -0.377 e. The molecule has 0 fully saturated rings. The molecule has 0 aliphatic carbocycles. The Balaban J connectivity index is 3.48. The number of ether oxygens (including phenoxy) is 1. The van der Waals surface area contributed by atoms with E-state index < -0.39 is 0 Å². The maximum atomic E-state index is 5.74. The fraction of sp³-hybridized carbons (Fsp3) is 0.867. The van der Waals surface area contributed by atoms with E-state index in [-0.39, 0.29) is 0 Å². The quantitative estimate of drug-likeness (QED) is 0.415. The van der Waals surface area contributed by atoms with Crippen LogP contribution in [0.15, 0.2) is 12.2 Å². The van der Waals surface area contributed by atoms with E-state index in [9.17, 15) is 0 Å². The normalized spacial score (nSPS) is 12.6. The first-order chi connectivity index (χ1) is 8.24. The summed E-state index contributed by atoms with van der Waals surface area (Å²) < 4.78 is 5.74. The molecule has 0 bridgehead atoms. The van der Waals surface area contributed by atoms with Gasteiger partial charge in [0.1, 0.15) is 0 Å². The second-order valence-corrected chi connectivity index (χ2v) is 4.86. The highest BCUT2D eigenvalue weighted by Crippen LogP contribution is 2.13. The molecule has 1 unspecified atom stereocenters. The van der Waals surface area contributed by atoms with Crippen LogP contribution in [0.5, 0.6) is 0 Å². The zero-order valence-electron chi connectivity index (χ0n) is 12.1. The molecule has 1 N–H and O–H groups in total. The van der Waals surface area contributed by atoms with Crippen LogP contribution in [-0.2, 0) is 4.74 Å². The molecule has 0 aliphatic rings. The lowest BCUT2D eigenvalue weighted by molar-refractivity contribution is 0.110. The molecular weight excluding hydrogens is 210 g/mol. The zero-order valence-corrected chi connectivity index (χ0v) is 12.1. The molecule has 0 aliphatic heterocycles. The Kier molecular flexibility index (Phi) is 11.9. The van der Waals surface area contributed by atoms with Gasteiger partial charge in [-0.05, 0) is 30.9 Å². The van der Waals surface area contributed by atoms with Crippen LogP contribution in [0.4, 0.5) is 0 Å². The van der Waals surface area contributed by atoms with Crippen LogP contribution < -0.4 is 5.32 Å². The lowest BCUT2D eigenvalue weighted by atomic mass is 10.0. The highest BCUT2D eigenvalue weighted by Gasteiger charge is 2.06. The van der Waals surface area contributed by atoms with Gasteiger partial charge in [-0.1, -0.05) is 46.6 Å². The predicted molar refractivity (Wildman–Crippen MR) is 76.4 cm³/mol. The van der Waals surface area contributed by atoms with Gasteiger partial charge in [-0.3, -0.25) is 0 Å². The standard InChI is InChI=1S/C15H31NO/c1-5-8-9-15(7-3)13-17-12-14(4)11-16-10-6-2/h15-16H,4-13H2,1-3H3. The summed E-state index contributed by atoms with van der Waals surface area (Å²) in [7, 11) is 0. The number of nitrogens with one attached hydrogen (secondary N) is 1. The van der Waals surface area contributed by atoms with Crippen molar-refractivity contribution >= 4 is 0 Å². The lowest BCUT2D eigenvalue weighted by Gasteiger charge is -2.15. The van der Waals surface area contributed by atoms with Crippen molar-refractivity contribution in [1.82, 2.24) is 5.32 Å². The topological polar surface area (TPSA) is 21.3 Å². The molecule has 0 aromatic rings. The molecule has 0 amide bonds.